The minimum atomic E-state index is 0.391. The maximum Gasteiger partial charge on any atom is 0.124 e. The average molecular weight is 287 g/mol. The minimum absolute atomic E-state index is 0.391. The number of ether oxygens (including phenoxy) is 1. The van der Waals surface area contributed by atoms with Crippen LogP contribution in [0.15, 0.2) is 24.3 Å². The van der Waals surface area contributed by atoms with Crippen molar-refractivity contribution in [3.8, 4) is 5.75 Å². The summed E-state index contributed by atoms with van der Waals surface area (Å²) in [5.74, 6) is 1.96. The van der Waals surface area contributed by atoms with Gasteiger partial charge < -0.3 is 10.1 Å². The van der Waals surface area contributed by atoms with E-state index in [1.54, 1.807) is 0 Å². The molecule has 1 aromatic carbocycles. The second kappa shape index (κ2) is 6.00. The highest BCUT2D eigenvalue weighted by molar-refractivity contribution is 5.39. The normalized spacial score (nSPS) is 29.0. The largest absolute Gasteiger partial charge is 0.491 e. The van der Waals surface area contributed by atoms with Crippen LogP contribution in [0.5, 0.6) is 5.75 Å². The van der Waals surface area contributed by atoms with Crippen molar-refractivity contribution in [2.75, 3.05) is 6.61 Å². The second-order valence-corrected chi connectivity index (χ2v) is 7.46. The molecule has 1 atom stereocenters. The number of fused-ring (bicyclic) bond motifs is 1. The van der Waals surface area contributed by atoms with E-state index >= 15 is 0 Å². The van der Waals surface area contributed by atoms with Crippen LogP contribution in [0.2, 0.25) is 0 Å². The molecule has 0 saturated heterocycles. The number of nitrogens with one attached hydrogen (secondary N) is 1. The van der Waals surface area contributed by atoms with Crippen molar-refractivity contribution < 1.29 is 4.74 Å². The molecule has 2 heteroatoms. The van der Waals surface area contributed by atoms with E-state index in [1.165, 1.54) is 37.7 Å². The Morgan fingerprint density at radius 1 is 1.14 bits per heavy atom. The monoisotopic (exact) mass is 287 g/mol. The summed E-state index contributed by atoms with van der Waals surface area (Å²) in [5, 5.41) is 3.84. The molecule has 1 heterocycles. The van der Waals surface area contributed by atoms with Gasteiger partial charge in [0.1, 0.15) is 12.4 Å². The highest BCUT2D eigenvalue weighted by atomic mass is 16.5. The van der Waals surface area contributed by atoms with Crippen LogP contribution in [0, 0.1) is 11.3 Å². The molecule has 2 nitrogen and oxygen atoms in total. The molecule has 21 heavy (non-hydrogen) atoms. The lowest BCUT2D eigenvalue weighted by Crippen LogP contribution is -2.39. The summed E-state index contributed by atoms with van der Waals surface area (Å²) in [4.78, 5) is 0. The maximum absolute atomic E-state index is 5.78. The first-order valence-electron chi connectivity index (χ1n) is 8.58. The summed E-state index contributed by atoms with van der Waals surface area (Å²) in [5.41, 5.74) is 1.85. The molecule has 3 rings (SSSR count). The Kier molecular flexibility index (Phi) is 4.26. The van der Waals surface area contributed by atoms with Crippen molar-refractivity contribution in [1.29, 1.82) is 0 Å². The Morgan fingerprint density at radius 2 is 1.86 bits per heavy atom. The standard InChI is InChI=1S/C19H29NO/c1-4-19(2,3)14-9-11-15(12-10-14)20-17-13-21-18-8-6-5-7-16(17)18/h5-8,14-15,17,20H,4,9-13H2,1-3H3. The van der Waals surface area contributed by atoms with Crippen LogP contribution in [0.1, 0.15) is 64.5 Å². The molecule has 116 valence electrons. The molecule has 1 N–H and O–H groups in total. The topological polar surface area (TPSA) is 21.3 Å². The number of benzene rings is 1. The van der Waals surface area contributed by atoms with Gasteiger partial charge in [-0.05, 0) is 43.1 Å². The molecule has 0 spiro atoms. The molecule has 0 amide bonds. The summed E-state index contributed by atoms with van der Waals surface area (Å²) in [7, 11) is 0. The van der Waals surface area contributed by atoms with Gasteiger partial charge in [0.05, 0.1) is 6.04 Å². The van der Waals surface area contributed by atoms with E-state index < -0.39 is 0 Å². The first-order chi connectivity index (χ1) is 10.1. The fourth-order valence-electron chi connectivity index (χ4n) is 3.92. The zero-order valence-electron chi connectivity index (χ0n) is 13.7. The van der Waals surface area contributed by atoms with E-state index in [4.69, 9.17) is 4.74 Å². The first-order valence-corrected chi connectivity index (χ1v) is 8.58. The van der Waals surface area contributed by atoms with Crippen LogP contribution < -0.4 is 10.1 Å². The van der Waals surface area contributed by atoms with Gasteiger partial charge in [-0.2, -0.15) is 0 Å². The van der Waals surface area contributed by atoms with Gasteiger partial charge in [-0.1, -0.05) is 45.4 Å². The third kappa shape index (κ3) is 3.11. The van der Waals surface area contributed by atoms with E-state index in [1.807, 2.05) is 0 Å². The predicted octanol–water partition coefficient (Wildman–Crippen LogP) is 4.70. The molecule has 1 saturated carbocycles. The minimum Gasteiger partial charge on any atom is -0.491 e. The zero-order valence-corrected chi connectivity index (χ0v) is 13.7. The second-order valence-electron chi connectivity index (χ2n) is 7.46. The summed E-state index contributed by atoms with van der Waals surface area (Å²) in [6.07, 6.45) is 6.65. The highest BCUT2D eigenvalue weighted by Gasteiger charge is 2.33. The number of para-hydroxylation sites is 1. The number of rotatable bonds is 4. The average Bonchev–Trinajstić information content (AvgIpc) is 2.91. The fraction of sp³-hybridized carbons (Fsp3) is 0.684. The quantitative estimate of drug-likeness (QED) is 0.866. The molecule has 1 unspecified atom stereocenters. The summed E-state index contributed by atoms with van der Waals surface area (Å²) in [6.45, 7) is 8.00. The molecule has 1 aliphatic heterocycles. The first kappa shape index (κ1) is 14.9. The van der Waals surface area contributed by atoms with Gasteiger partial charge in [0.15, 0.2) is 0 Å². The predicted molar refractivity (Wildman–Crippen MR) is 87.6 cm³/mol. The van der Waals surface area contributed by atoms with Crippen molar-refractivity contribution in [2.45, 2.75) is 65.0 Å². The molecule has 0 radical (unpaired) electrons. The van der Waals surface area contributed by atoms with Gasteiger partial charge >= 0.3 is 0 Å². The van der Waals surface area contributed by atoms with Crippen LogP contribution in [-0.2, 0) is 0 Å². The fourth-order valence-corrected chi connectivity index (χ4v) is 3.92. The van der Waals surface area contributed by atoms with E-state index in [0.717, 1.165) is 18.3 Å². The van der Waals surface area contributed by atoms with Gasteiger partial charge in [-0.25, -0.2) is 0 Å². The highest BCUT2D eigenvalue weighted by Crippen LogP contribution is 2.41. The van der Waals surface area contributed by atoms with Crippen LogP contribution in [0.3, 0.4) is 0 Å². The van der Waals surface area contributed by atoms with E-state index in [2.05, 4.69) is 50.4 Å². The van der Waals surface area contributed by atoms with Crippen molar-refractivity contribution in [1.82, 2.24) is 5.32 Å². The Labute approximate surface area is 129 Å². The number of hydrogen-bond donors (Lipinski definition) is 1. The molecule has 1 aromatic rings. The van der Waals surface area contributed by atoms with Crippen molar-refractivity contribution in [2.24, 2.45) is 11.3 Å². The van der Waals surface area contributed by atoms with Gasteiger partial charge in [-0.15, -0.1) is 0 Å². The van der Waals surface area contributed by atoms with Crippen LogP contribution in [-0.4, -0.2) is 12.6 Å². The molecule has 1 fully saturated rings. The Bertz CT molecular complexity index is 474. The lowest BCUT2D eigenvalue weighted by Gasteiger charge is -2.39. The third-order valence-corrected chi connectivity index (χ3v) is 5.88. The van der Waals surface area contributed by atoms with Gasteiger partial charge in [0, 0.05) is 11.6 Å². The Balaban J connectivity index is 1.55. The molecule has 0 aromatic heterocycles. The molecule has 0 bridgehead atoms. The van der Waals surface area contributed by atoms with E-state index in [0.29, 0.717) is 17.5 Å². The maximum atomic E-state index is 5.78. The van der Waals surface area contributed by atoms with Gasteiger partial charge in [-0.3, -0.25) is 0 Å². The number of hydrogen-bond acceptors (Lipinski definition) is 2. The molecular weight excluding hydrogens is 258 g/mol. The van der Waals surface area contributed by atoms with Crippen molar-refractivity contribution >= 4 is 0 Å². The summed E-state index contributed by atoms with van der Waals surface area (Å²) >= 11 is 0. The SMILES string of the molecule is CCC(C)(C)C1CCC(NC2COc3ccccc32)CC1. The third-order valence-electron chi connectivity index (χ3n) is 5.88. The van der Waals surface area contributed by atoms with Crippen LogP contribution >= 0.6 is 0 Å². The molecular formula is C19H29NO. The van der Waals surface area contributed by atoms with Crippen molar-refractivity contribution in [3.05, 3.63) is 29.8 Å². The Morgan fingerprint density at radius 3 is 2.57 bits per heavy atom. The van der Waals surface area contributed by atoms with Gasteiger partial charge in [0.2, 0.25) is 0 Å². The zero-order chi connectivity index (χ0) is 14.9. The lowest BCUT2D eigenvalue weighted by atomic mass is 9.69. The molecule has 2 aliphatic rings. The van der Waals surface area contributed by atoms with E-state index in [9.17, 15) is 0 Å². The van der Waals surface area contributed by atoms with Gasteiger partial charge in [0.25, 0.3) is 0 Å². The summed E-state index contributed by atoms with van der Waals surface area (Å²) < 4.78 is 5.78. The van der Waals surface area contributed by atoms with Crippen LogP contribution in [0.25, 0.3) is 0 Å². The molecule has 1 aliphatic carbocycles. The lowest BCUT2D eigenvalue weighted by molar-refractivity contribution is 0.132. The van der Waals surface area contributed by atoms with Crippen LogP contribution in [0.4, 0.5) is 0 Å². The van der Waals surface area contributed by atoms with E-state index in [-0.39, 0.29) is 0 Å². The van der Waals surface area contributed by atoms with Crippen molar-refractivity contribution in [3.63, 3.8) is 0 Å². The summed E-state index contributed by atoms with van der Waals surface area (Å²) in [6, 6.07) is 9.50. The Hall–Kier alpha value is -1.02. The smallest absolute Gasteiger partial charge is 0.124 e.